The molecule has 4 rings (SSSR count). The van der Waals surface area contributed by atoms with Gasteiger partial charge in [0.15, 0.2) is 6.61 Å². The van der Waals surface area contributed by atoms with E-state index in [4.69, 9.17) is 4.74 Å². The number of hydrogen-bond donors (Lipinski definition) is 1. The minimum absolute atomic E-state index is 0.00161. The Balaban J connectivity index is 1.33. The molecule has 31 heavy (non-hydrogen) atoms. The molecule has 0 radical (unpaired) electrons. The van der Waals surface area contributed by atoms with E-state index in [2.05, 4.69) is 29.4 Å². The van der Waals surface area contributed by atoms with Gasteiger partial charge in [-0.05, 0) is 35.7 Å². The van der Waals surface area contributed by atoms with Gasteiger partial charge in [-0.2, -0.15) is 0 Å². The molecule has 0 fully saturated rings. The predicted octanol–water partition coefficient (Wildman–Crippen LogP) is 3.48. The van der Waals surface area contributed by atoms with Gasteiger partial charge in [-0.3, -0.25) is 24.6 Å². The first-order chi connectivity index (χ1) is 14.9. The summed E-state index contributed by atoms with van der Waals surface area (Å²) in [5.41, 5.74) is 1.88. The number of carbonyl (C=O) groups excluding carboxylic acids is 3. The van der Waals surface area contributed by atoms with Gasteiger partial charge >= 0.3 is 0 Å². The maximum atomic E-state index is 12.5. The van der Waals surface area contributed by atoms with E-state index in [0.29, 0.717) is 27.8 Å². The van der Waals surface area contributed by atoms with E-state index in [0.717, 1.165) is 21.8 Å². The number of nitrogens with one attached hydrogen (secondary N) is 1. The number of imide groups is 1. The van der Waals surface area contributed by atoms with Crippen molar-refractivity contribution in [2.75, 3.05) is 11.9 Å². The third kappa shape index (κ3) is 4.46. The van der Waals surface area contributed by atoms with Crippen molar-refractivity contribution in [3.8, 4) is 5.75 Å². The number of hydrogen-bond acceptors (Lipinski definition) is 7. The summed E-state index contributed by atoms with van der Waals surface area (Å²) in [5, 5.41) is 11.2. The Bertz CT molecular complexity index is 1120. The van der Waals surface area contributed by atoms with E-state index in [1.165, 1.54) is 0 Å². The molecule has 1 aromatic heterocycles. The maximum Gasteiger partial charge on any atom is 0.264 e. The van der Waals surface area contributed by atoms with Crippen LogP contribution in [0, 0.1) is 0 Å². The molecule has 3 amide bonds. The van der Waals surface area contributed by atoms with Crippen LogP contribution in [-0.2, 0) is 11.3 Å². The maximum absolute atomic E-state index is 12.5. The lowest BCUT2D eigenvalue weighted by atomic mass is 10.0. The van der Waals surface area contributed by atoms with Crippen molar-refractivity contribution in [1.29, 1.82) is 0 Å². The molecule has 2 aromatic carbocycles. The van der Waals surface area contributed by atoms with Crippen LogP contribution >= 0.6 is 11.3 Å². The van der Waals surface area contributed by atoms with E-state index in [9.17, 15) is 14.4 Å². The van der Waals surface area contributed by atoms with Gasteiger partial charge in [0.25, 0.3) is 17.7 Å². The topological polar surface area (TPSA) is 101 Å². The summed E-state index contributed by atoms with van der Waals surface area (Å²) in [6, 6.07) is 14.3. The molecule has 0 aliphatic carbocycles. The zero-order chi connectivity index (χ0) is 22.0. The van der Waals surface area contributed by atoms with Crippen LogP contribution in [0.5, 0.6) is 5.75 Å². The molecule has 3 aromatic rings. The molecule has 9 heteroatoms. The molecule has 0 saturated heterocycles. The number of anilines is 1. The quantitative estimate of drug-likeness (QED) is 0.569. The predicted molar refractivity (Wildman–Crippen MR) is 115 cm³/mol. The highest BCUT2D eigenvalue weighted by atomic mass is 32.1. The fourth-order valence-electron chi connectivity index (χ4n) is 3.15. The SMILES string of the molecule is CC(C)c1cccc(OCC(=O)Nc2nnc(CN3C(=O)c4ccccc4C3=O)s2)c1. The number of aromatic nitrogens is 2. The zero-order valence-electron chi connectivity index (χ0n) is 17.0. The average molecular weight is 436 g/mol. The van der Waals surface area contributed by atoms with E-state index >= 15 is 0 Å². The second-order valence-corrected chi connectivity index (χ2v) is 8.37. The number of ether oxygens (including phenoxy) is 1. The molecular weight excluding hydrogens is 416 g/mol. The smallest absolute Gasteiger partial charge is 0.264 e. The van der Waals surface area contributed by atoms with E-state index in [1.807, 2.05) is 18.2 Å². The third-order valence-corrected chi connectivity index (χ3v) is 5.60. The number of amides is 3. The Kier molecular flexibility index (Phi) is 5.77. The van der Waals surface area contributed by atoms with Crippen LogP contribution < -0.4 is 10.1 Å². The average Bonchev–Trinajstić information content (AvgIpc) is 3.31. The molecular formula is C22H20N4O4S. The van der Waals surface area contributed by atoms with Crippen LogP contribution in [0.2, 0.25) is 0 Å². The minimum atomic E-state index is -0.376. The first-order valence-electron chi connectivity index (χ1n) is 9.72. The Hall–Kier alpha value is -3.59. The van der Waals surface area contributed by atoms with E-state index in [1.54, 1.807) is 30.3 Å². The largest absolute Gasteiger partial charge is 0.484 e. The fraction of sp³-hybridized carbons (Fsp3) is 0.227. The van der Waals surface area contributed by atoms with Gasteiger partial charge in [0.2, 0.25) is 5.13 Å². The van der Waals surface area contributed by atoms with Crippen LogP contribution in [0.3, 0.4) is 0 Å². The van der Waals surface area contributed by atoms with Crippen LogP contribution in [0.1, 0.15) is 51.1 Å². The second kappa shape index (κ2) is 8.65. The van der Waals surface area contributed by atoms with Crippen molar-refractivity contribution in [3.05, 3.63) is 70.2 Å². The number of carbonyl (C=O) groups is 3. The van der Waals surface area contributed by atoms with Gasteiger partial charge in [0, 0.05) is 0 Å². The Morgan fingerprint density at radius 3 is 2.45 bits per heavy atom. The standard InChI is InChI=1S/C22H20N4O4S/c1-13(2)14-6-5-7-15(10-14)30-12-18(27)23-22-25-24-19(31-22)11-26-20(28)16-8-3-4-9-17(16)21(26)29/h3-10,13H,11-12H2,1-2H3,(H,23,25,27). The van der Waals surface area contributed by atoms with Gasteiger partial charge in [-0.1, -0.05) is 49.4 Å². The molecule has 1 aliphatic heterocycles. The monoisotopic (exact) mass is 436 g/mol. The lowest BCUT2D eigenvalue weighted by molar-refractivity contribution is -0.118. The summed E-state index contributed by atoms with van der Waals surface area (Å²) in [5.74, 6) is -0.125. The number of fused-ring (bicyclic) bond motifs is 1. The molecule has 0 atom stereocenters. The zero-order valence-corrected chi connectivity index (χ0v) is 17.8. The number of benzene rings is 2. The van der Waals surface area contributed by atoms with Crippen molar-refractivity contribution in [2.24, 2.45) is 0 Å². The minimum Gasteiger partial charge on any atom is -0.484 e. The van der Waals surface area contributed by atoms with Gasteiger partial charge in [0.1, 0.15) is 10.8 Å². The second-order valence-electron chi connectivity index (χ2n) is 7.31. The summed E-state index contributed by atoms with van der Waals surface area (Å²) in [4.78, 5) is 38.2. The van der Waals surface area contributed by atoms with Crippen LogP contribution in [0.4, 0.5) is 5.13 Å². The highest BCUT2D eigenvalue weighted by Gasteiger charge is 2.35. The first kappa shape index (κ1) is 20.7. The van der Waals surface area contributed by atoms with Crippen LogP contribution in [0.15, 0.2) is 48.5 Å². The summed E-state index contributed by atoms with van der Waals surface area (Å²) in [6.45, 7) is 3.99. The van der Waals surface area contributed by atoms with E-state index in [-0.39, 0.29) is 36.0 Å². The molecule has 0 spiro atoms. The van der Waals surface area contributed by atoms with Gasteiger partial charge < -0.3 is 4.74 Å². The summed E-state index contributed by atoms with van der Waals surface area (Å²) < 4.78 is 5.56. The molecule has 1 aliphatic rings. The number of nitrogens with zero attached hydrogens (tertiary/aromatic N) is 3. The van der Waals surface area contributed by atoms with Gasteiger partial charge in [-0.25, -0.2) is 0 Å². The summed E-state index contributed by atoms with van der Waals surface area (Å²) in [7, 11) is 0. The van der Waals surface area contributed by atoms with Crippen molar-refractivity contribution in [1.82, 2.24) is 15.1 Å². The van der Waals surface area contributed by atoms with Crippen molar-refractivity contribution in [2.45, 2.75) is 26.3 Å². The molecule has 0 saturated carbocycles. The summed E-state index contributed by atoms with van der Waals surface area (Å²) >= 11 is 1.10. The first-order valence-corrected chi connectivity index (χ1v) is 10.5. The highest BCUT2D eigenvalue weighted by Crippen LogP contribution is 2.26. The molecule has 158 valence electrons. The third-order valence-electron chi connectivity index (χ3n) is 4.78. The van der Waals surface area contributed by atoms with Crippen molar-refractivity contribution >= 4 is 34.2 Å². The van der Waals surface area contributed by atoms with E-state index < -0.39 is 0 Å². The Morgan fingerprint density at radius 2 is 1.77 bits per heavy atom. The van der Waals surface area contributed by atoms with Crippen LogP contribution in [0.25, 0.3) is 0 Å². The molecule has 0 bridgehead atoms. The fourth-order valence-corrected chi connectivity index (χ4v) is 3.90. The van der Waals surface area contributed by atoms with Crippen LogP contribution in [-0.4, -0.2) is 39.4 Å². The van der Waals surface area contributed by atoms with Gasteiger partial charge in [0.05, 0.1) is 17.7 Å². The van der Waals surface area contributed by atoms with Crippen molar-refractivity contribution < 1.29 is 19.1 Å². The Morgan fingerprint density at radius 1 is 1.06 bits per heavy atom. The molecule has 1 N–H and O–H groups in total. The number of rotatable bonds is 7. The Labute approximate surface area is 182 Å². The summed E-state index contributed by atoms with van der Waals surface area (Å²) in [6.07, 6.45) is 0. The van der Waals surface area contributed by atoms with Crippen molar-refractivity contribution in [3.63, 3.8) is 0 Å². The lowest BCUT2D eigenvalue weighted by Gasteiger charge is -2.10. The highest BCUT2D eigenvalue weighted by molar-refractivity contribution is 7.15. The molecule has 2 heterocycles. The van der Waals surface area contributed by atoms with Gasteiger partial charge in [-0.15, -0.1) is 10.2 Å². The molecule has 0 unspecified atom stereocenters. The normalized spacial score (nSPS) is 12.9. The lowest BCUT2D eigenvalue weighted by Crippen LogP contribution is -2.29. The molecule has 8 nitrogen and oxygen atoms in total.